The van der Waals surface area contributed by atoms with E-state index < -0.39 is 15.5 Å². The molecule has 118 valence electrons. The van der Waals surface area contributed by atoms with Crippen LogP contribution in [0.2, 0.25) is 0 Å². The summed E-state index contributed by atoms with van der Waals surface area (Å²) in [6.07, 6.45) is 0.812. The van der Waals surface area contributed by atoms with E-state index in [1.807, 2.05) is 19.1 Å². The van der Waals surface area contributed by atoms with Gasteiger partial charge >= 0.3 is 5.63 Å². The van der Waals surface area contributed by atoms with Crippen LogP contribution in [0, 0.1) is 0 Å². The quantitative estimate of drug-likeness (QED) is 0.689. The average Bonchev–Trinajstić information content (AvgIpc) is 2.54. The fourth-order valence-electron chi connectivity index (χ4n) is 2.53. The molecule has 0 atom stereocenters. The Labute approximate surface area is 134 Å². The monoisotopic (exact) mass is 328 g/mol. The van der Waals surface area contributed by atoms with E-state index >= 15 is 0 Å². The molecule has 2 aromatic carbocycles. The van der Waals surface area contributed by atoms with Crippen molar-refractivity contribution < 1.29 is 12.8 Å². The summed E-state index contributed by atoms with van der Waals surface area (Å²) in [6.45, 7) is 2.00. The van der Waals surface area contributed by atoms with Gasteiger partial charge in [-0.3, -0.25) is 0 Å². The Morgan fingerprint density at radius 1 is 1.00 bits per heavy atom. The van der Waals surface area contributed by atoms with Crippen LogP contribution < -0.4 is 5.63 Å². The number of hydrogen-bond acceptors (Lipinski definition) is 4. The smallest absolute Gasteiger partial charge is 0.336 e. The maximum Gasteiger partial charge on any atom is 0.336 e. The van der Waals surface area contributed by atoms with Gasteiger partial charge in [-0.15, -0.1) is 0 Å². The summed E-state index contributed by atoms with van der Waals surface area (Å²) in [5, 5.41) is 0.654. The minimum atomic E-state index is -3.52. The SMILES string of the molecule is CCc1ccc2c(CS(=O)(=O)c3ccccc3)cc(=O)oc2c1. The fraction of sp³-hybridized carbons (Fsp3) is 0.167. The highest BCUT2D eigenvalue weighted by molar-refractivity contribution is 7.90. The van der Waals surface area contributed by atoms with Crippen LogP contribution in [-0.4, -0.2) is 8.42 Å². The van der Waals surface area contributed by atoms with Crippen molar-refractivity contribution in [2.75, 3.05) is 0 Å². The summed E-state index contributed by atoms with van der Waals surface area (Å²) in [6, 6.07) is 15.0. The number of fused-ring (bicyclic) bond motifs is 1. The van der Waals surface area contributed by atoms with Gasteiger partial charge in [0.2, 0.25) is 0 Å². The molecule has 0 saturated heterocycles. The van der Waals surface area contributed by atoms with Gasteiger partial charge in [0.15, 0.2) is 9.84 Å². The van der Waals surface area contributed by atoms with Gasteiger partial charge < -0.3 is 4.42 Å². The highest BCUT2D eigenvalue weighted by Crippen LogP contribution is 2.23. The summed E-state index contributed by atoms with van der Waals surface area (Å²) in [7, 11) is -3.52. The van der Waals surface area contributed by atoms with Crippen molar-refractivity contribution in [3.05, 3.63) is 76.1 Å². The van der Waals surface area contributed by atoms with Gasteiger partial charge in [-0.2, -0.15) is 0 Å². The highest BCUT2D eigenvalue weighted by Gasteiger charge is 2.18. The highest BCUT2D eigenvalue weighted by atomic mass is 32.2. The second kappa shape index (κ2) is 6.01. The molecule has 0 fully saturated rings. The zero-order valence-corrected chi connectivity index (χ0v) is 13.5. The Kier molecular flexibility index (Phi) is 4.05. The normalized spacial score (nSPS) is 11.7. The number of hydrogen-bond donors (Lipinski definition) is 0. The molecule has 0 unspecified atom stereocenters. The first-order chi connectivity index (χ1) is 11.0. The number of benzene rings is 2. The van der Waals surface area contributed by atoms with E-state index in [-0.39, 0.29) is 10.6 Å². The fourth-order valence-corrected chi connectivity index (χ4v) is 3.92. The maximum absolute atomic E-state index is 12.5. The molecule has 0 aliphatic carbocycles. The minimum absolute atomic E-state index is 0.232. The molecule has 0 bridgehead atoms. The van der Waals surface area contributed by atoms with E-state index in [0.717, 1.165) is 12.0 Å². The van der Waals surface area contributed by atoms with Crippen LogP contribution in [-0.2, 0) is 22.0 Å². The van der Waals surface area contributed by atoms with Crippen molar-refractivity contribution in [1.82, 2.24) is 0 Å². The first kappa shape index (κ1) is 15.5. The third-order valence-electron chi connectivity index (χ3n) is 3.75. The molecule has 3 rings (SSSR count). The number of sulfone groups is 1. The maximum atomic E-state index is 12.5. The Bertz CT molecular complexity index is 1000. The van der Waals surface area contributed by atoms with Crippen LogP contribution >= 0.6 is 0 Å². The van der Waals surface area contributed by atoms with Gasteiger partial charge in [0.25, 0.3) is 0 Å². The molecule has 0 spiro atoms. The molecule has 0 radical (unpaired) electrons. The van der Waals surface area contributed by atoms with Gasteiger partial charge in [-0.05, 0) is 35.7 Å². The molecule has 1 aromatic heterocycles. The van der Waals surface area contributed by atoms with E-state index in [9.17, 15) is 13.2 Å². The lowest BCUT2D eigenvalue weighted by atomic mass is 10.1. The summed E-state index contributed by atoms with van der Waals surface area (Å²) in [5.74, 6) is -0.232. The van der Waals surface area contributed by atoms with Gasteiger partial charge in [0.05, 0.1) is 10.6 Å². The van der Waals surface area contributed by atoms with Gasteiger partial charge in [0, 0.05) is 11.5 Å². The molecule has 23 heavy (non-hydrogen) atoms. The largest absolute Gasteiger partial charge is 0.423 e. The lowest BCUT2D eigenvalue weighted by Gasteiger charge is -2.08. The molecular weight excluding hydrogens is 312 g/mol. The van der Waals surface area contributed by atoms with Crippen molar-refractivity contribution in [1.29, 1.82) is 0 Å². The zero-order chi connectivity index (χ0) is 16.4. The molecule has 0 N–H and O–H groups in total. The summed E-state index contributed by atoms with van der Waals surface area (Å²) in [4.78, 5) is 12.0. The Morgan fingerprint density at radius 2 is 1.74 bits per heavy atom. The van der Waals surface area contributed by atoms with Crippen molar-refractivity contribution in [2.45, 2.75) is 24.0 Å². The molecule has 3 aromatic rings. The topological polar surface area (TPSA) is 64.3 Å². The van der Waals surface area contributed by atoms with Crippen LogP contribution in [0.4, 0.5) is 0 Å². The molecule has 1 heterocycles. The van der Waals surface area contributed by atoms with E-state index in [1.165, 1.54) is 6.07 Å². The van der Waals surface area contributed by atoms with Crippen LogP contribution in [0.3, 0.4) is 0 Å². The van der Waals surface area contributed by atoms with Crippen molar-refractivity contribution >= 4 is 20.8 Å². The third-order valence-corrected chi connectivity index (χ3v) is 5.43. The Hall–Kier alpha value is -2.40. The van der Waals surface area contributed by atoms with Gasteiger partial charge in [0.1, 0.15) is 5.58 Å². The minimum Gasteiger partial charge on any atom is -0.423 e. The Morgan fingerprint density at radius 3 is 2.43 bits per heavy atom. The predicted octanol–water partition coefficient (Wildman–Crippen LogP) is 3.33. The zero-order valence-electron chi connectivity index (χ0n) is 12.7. The Balaban J connectivity index is 2.12. The number of aryl methyl sites for hydroxylation is 1. The van der Waals surface area contributed by atoms with Crippen LogP contribution in [0.15, 0.2) is 68.7 Å². The first-order valence-electron chi connectivity index (χ1n) is 7.33. The summed E-state index contributed by atoms with van der Waals surface area (Å²) < 4.78 is 30.3. The lowest BCUT2D eigenvalue weighted by Crippen LogP contribution is -2.08. The van der Waals surface area contributed by atoms with E-state index in [2.05, 4.69) is 0 Å². The van der Waals surface area contributed by atoms with E-state index in [0.29, 0.717) is 16.5 Å². The lowest BCUT2D eigenvalue weighted by molar-refractivity contribution is 0.558. The van der Waals surface area contributed by atoms with Crippen LogP contribution in [0.25, 0.3) is 11.0 Å². The second-order valence-corrected chi connectivity index (χ2v) is 7.34. The molecule has 4 nitrogen and oxygen atoms in total. The summed E-state index contributed by atoms with van der Waals surface area (Å²) in [5.41, 5.74) is 1.38. The molecule has 0 aliphatic rings. The van der Waals surface area contributed by atoms with Crippen LogP contribution in [0.1, 0.15) is 18.1 Å². The second-order valence-electron chi connectivity index (χ2n) is 5.35. The summed E-state index contributed by atoms with van der Waals surface area (Å²) >= 11 is 0. The molecular formula is C18H16O4S. The van der Waals surface area contributed by atoms with Crippen molar-refractivity contribution in [2.24, 2.45) is 0 Å². The van der Waals surface area contributed by atoms with Crippen molar-refractivity contribution in [3.8, 4) is 0 Å². The number of rotatable bonds is 4. The first-order valence-corrected chi connectivity index (χ1v) is 8.98. The van der Waals surface area contributed by atoms with Crippen LogP contribution in [0.5, 0.6) is 0 Å². The van der Waals surface area contributed by atoms with E-state index in [1.54, 1.807) is 36.4 Å². The molecule has 5 heteroatoms. The van der Waals surface area contributed by atoms with Gasteiger partial charge in [-0.25, -0.2) is 13.2 Å². The molecule has 0 saturated carbocycles. The van der Waals surface area contributed by atoms with Crippen molar-refractivity contribution in [3.63, 3.8) is 0 Å². The molecule has 0 aliphatic heterocycles. The molecule has 0 amide bonds. The standard InChI is InChI=1S/C18H16O4S/c1-2-13-8-9-16-14(11-18(19)22-17(16)10-13)12-23(20,21)15-6-4-3-5-7-15/h3-11H,2,12H2,1H3. The predicted molar refractivity (Wildman–Crippen MR) is 89.2 cm³/mol. The van der Waals surface area contributed by atoms with E-state index in [4.69, 9.17) is 4.42 Å². The third kappa shape index (κ3) is 3.19. The average molecular weight is 328 g/mol. The van der Waals surface area contributed by atoms with Gasteiger partial charge in [-0.1, -0.05) is 37.3 Å².